The Morgan fingerprint density at radius 1 is 1.00 bits per heavy atom. The third-order valence-corrected chi connectivity index (χ3v) is 3.19. The summed E-state index contributed by atoms with van der Waals surface area (Å²) < 4.78 is 10.7. The molecule has 5 nitrogen and oxygen atoms in total. The minimum Gasteiger partial charge on any atom is -0.494 e. The molecule has 0 unspecified atom stereocenters. The normalized spacial score (nSPS) is 11.3. The van der Waals surface area contributed by atoms with Gasteiger partial charge in [0.2, 0.25) is 0 Å². The van der Waals surface area contributed by atoms with E-state index in [2.05, 4.69) is 34.7 Å². The fraction of sp³-hybridized carbons (Fsp3) is 0.588. The first kappa shape index (κ1) is 18.3. The second-order valence-electron chi connectivity index (χ2n) is 5.14. The lowest BCUT2D eigenvalue weighted by atomic mass is 10.2. The number of nitrogens with zero attached hydrogens (tertiary/aromatic N) is 1. The summed E-state index contributed by atoms with van der Waals surface area (Å²) in [5, 5.41) is 6.55. The number of rotatable bonds is 10. The van der Waals surface area contributed by atoms with Crippen molar-refractivity contribution in [3.05, 3.63) is 29.8 Å². The number of nitrogens with one attached hydrogen (secondary N) is 2. The maximum Gasteiger partial charge on any atom is 0.190 e. The van der Waals surface area contributed by atoms with E-state index in [1.807, 2.05) is 12.1 Å². The first-order valence-electron chi connectivity index (χ1n) is 7.89. The fourth-order valence-electron chi connectivity index (χ4n) is 1.90. The highest BCUT2D eigenvalue weighted by atomic mass is 16.5. The van der Waals surface area contributed by atoms with Crippen molar-refractivity contribution in [3.8, 4) is 5.75 Å². The van der Waals surface area contributed by atoms with Crippen molar-refractivity contribution in [2.24, 2.45) is 4.99 Å². The van der Waals surface area contributed by atoms with Crippen molar-refractivity contribution in [2.45, 2.75) is 26.2 Å². The number of unbranched alkanes of at least 4 members (excludes halogenated alkanes) is 1. The maximum atomic E-state index is 5.70. The predicted molar refractivity (Wildman–Crippen MR) is 91.8 cm³/mol. The van der Waals surface area contributed by atoms with Crippen LogP contribution in [0, 0.1) is 6.92 Å². The average Bonchev–Trinajstić information content (AvgIpc) is 2.54. The highest BCUT2D eigenvalue weighted by molar-refractivity contribution is 5.79. The standard InChI is InChI=1S/C17H29N3O2/c1-15-7-9-16(10-8-15)22-14-5-4-11-19-17(18-2)20-12-6-13-21-3/h7-10H,4-6,11-14H2,1-3H3,(H2,18,19,20). The molecule has 124 valence electrons. The predicted octanol–water partition coefficient (Wildman–Crippen LogP) is 2.36. The van der Waals surface area contributed by atoms with Crippen LogP contribution in [-0.4, -0.2) is 46.4 Å². The first-order valence-corrected chi connectivity index (χ1v) is 7.89. The lowest BCUT2D eigenvalue weighted by Crippen LogP contribution is -2.38. The zero-order chi connectivity index (χ0) is 16.0. The molecule has 0 saturated carbocycles. The molecule has 0 spiro atoms. The summed E-state index contributed by atoms with van der Waals surface area (Å²) in [6.07, 6.45) is 3.04. The van der Waals surface area contributed by atoms with E-state index >= 15 is 0 Å². The van der Waals surface area contributed by atoms with Crippen LogP contribution in [0.1, 0.15) is 24.8 Å². The van der Waals surface area contributed by atoms with E-state index < -0.39 is 0 Å². The van der Waals surface area contributed by atoms with E-state index in [4.69, 9.17) is 9.47 Å². The van der Waals surface area contributed by atoms with Crippen molar-refractivity contribution in [3.63, 3.8) is 0 Å². The molecule has 0 radical (unpaired) electrons. The van der Waals surface area contributed by atoms with Gasteiger partial charge in [-0.05, 0) is 38.3 Å². The van der Waals surface area contributed by atoms with Crippen LogP contribution in [0.5, 0.6) is 5.75 Å². The van der Waals surface area contributed by atoms with Crippen LogP contribution in [0.2, 0.25) is 0 Å². The van der Waals surface area contributed by atoms with Crippen molar-refractivity contribution < 1.29 is 9.47 Å². The molecule has 0 fully saturated rings. The van der Waals surface area contributed by atoms with Crippen molar-refractivity contribution in [1.82, 2.24) is 10.6 Å². The summed E-state index contributed by atoms with van der Waals surface area (Å²) in [6, 6.07) is 8.16. The van der Waals surface area contributed by atoms with Gasteiger partial charge in [0.25, 0.3) is 0 Å². The van der Waals surface area contributed by atoms with E-state index in [0.717, 1.165) is 57.3 Å². The Hall–Kier alpha value is -1.75. The fourth-order valence-corrected chi connectivity index (χ4v) is 1.90. The van der Waals surface area contributed by atoms with Gasteiger partial charge >= 0.3 is 0 Å². The molecule has 0 aliphatic rings. The topological polar surface area (TPSA) is 54.9 Å². The van der Waals surface area contributed by atoms with Gasteiger partial charge in [-0.25, -0.2) is 0 Å². The van der Waals surface area contributed by atoms with Gasteiger partial charge in [-0.2, -0.15) is 0 Å². The van der Waals surface area contributed by atoms with Gasteiger partial charge in [0, 0.05) is 33.9 Å². The molecule has 1 aromatic carbocycles. The highest BCUT2D eigenvalue weighted by Gasteiger charge is 1.97. The largest absolute Gasteiger partial charge is 0.494 e. The Morgan fingerprint density at radius 3 is 2.32 bits per heavy atom. The number of hydrogen-bond donors (Lipinski definition) is 2. The number of benzene rings is 1. The molecule has 2 N–H and O–H groups in total. The van der Waals surface area contributed by atoms with E-state index in [1.54, 1.807) is 14.2 Å². The molecule has 0 atom stereocenters. The van der Waals surface area contributed by atoms with E-state index in [-0.39, 0.29) is 0 Å². The van der Waals surface area contributed by atoms with Crippen LogP contribution in [0.4, 0.5) is 0 Å². The molecule has 0 bridgehead atoms. The monoisotopic (exact) mass is 307 g/mol. The molecule has 22 heavy (non-hydrogen) atoms. The van der Waals surface area contributed by atoms with Gasteiger partial charge in [-0.15, -0.1) is 0 Å². The van der Waals surface area contributed by atoms with E-state index in [0.29, 0.717) is 0 Å². The summed E-state index contributed by atoms with van der Waals surface area (Å²) in [7, 11) is 3.50. The highest BCUT2D eigenvalue weighted by Crippen LogP contribution is 2.11. The number of aliphatic imine (C=N–C) groups is 1. The molecular formula is C17H29N3O2. The second kappa shape index (κ2) is 11.9. The van der Waals surface area contributed by atoms with E-state index in [1.165, 1.54) is 5.56 Å². The number of ether oxygens (including phenoxy) is 2. The lowest BCUT2D eigenvalue weighted by Gasteiger charge is -2.11. The molecule has 5 heteroatoms. The quantitative estimate of drug-likeness (QED) is 0.396. The van der Waals surface area contributed by atoms with Crippen LogP contribution in [-0.2, 0) is 4.74 Å². The zero-order valence-corrected chi connectivity index (χ0v) is 14.0. The third kappa shape index (κ3) is 8.52. The van der Waals surface area contributed by atoms with Crippen LogP contribution in [0.3, 0.4) is 0 Å². The molecule has 1 aromatic rings. The summed E-state index contributed by atoms with van der Waals surface area (Å²) in [5.41, 5.74) is 1.25. The molecule has 0 aromatic heterocycles. The first-order chi connectivity index (χ1) is 10.8. The van der Waals surface area contributed by atoms with Crippen molar-refractivity contribution in [2.75, 3.05) is 40.5 Å². The Morgan fingerprint density at radius 2 is 1.68 bits per heavy atom. The molecular weight excluding hydrogens is 278 g/mol. The molecule has 1 rings (SSSR count). The van der Waals surface area contributed by atoms with Gasteiger partial charge in [0.1, 0.15) is 5.75 Å². The number of hydrogen-bond acceptors (Lipinski definition) is 3. The summed E-state index contributed by atoms with van der Waals surface area (Å²) >= 11 is 0. The van der Waals surface area contributed by atoms with Crippen LogP contribution < -0.4 is 15.4 Å². The SMILES string of the molecule is CN=C(NCCCCOc1ccc(C)cc1)NCCCOC. The Labute approximate surface area is 134 Å². The summed E-state index contributed by atoms with van der Waals surface area (Å²) in [6.45, 7) is 5.34. The van der Waals surface area contributed by atoms with Gasteiger partial charge in [-0.1, -0.05) is 17.7 Å². The van der Waals surface area contributed by atoms with Gasteiger partial charge in [-0.3, -0.25) is 4.99 Å². The number of methoxy groups -OCH3 is 1. The van der Waals surface area contributed by atoms with Crippen LogP contribution in [0.25, 0.3) is 0 Å². The lowest BCUT2D eigenvalue weighted by molar-refractivity contribution is 0.195. The second-order valence-corrected chi connectivity index (χ2v) is 5.14. The van der Waals surface area contributed by atoms with Gasteiger partial charge in [0.15, 0.2) is 5.96 Å². The van der Waals surface area contributed by atoms with Crippen LogP contribution in [0.15, 0.2) is 29.3 Å². The van der Waals surface area contributed by atoms with Gasteiger partial charge < -0.3 is 20.1 Å². The number of aryl methyl sites for hydroxylation is 1. The Kier molecular flexibility index (Phi) is 9.87. The molecule has 0 aliphatic carbocycles. The van der Waals surface area contributed by atoms with Gasteiger partial charge in [0.05, 0.1) is 6.61 Å². The molecule has 0 amide bonds. The average molecular weight is 307 g/mol. The molecule has 0 aliphatic heterocycles. The zero-order valence-electron chi connectivity index (χ0n) is 14.0. The van der Waals surface area contributed by atoms with Crippen LogP contribution >= 0.6 is 0 Å². The molecule has 0 saturated heterocycles. The number of guanidine groups is 1. The minimum absolute atomic E-state index is 0.741. The minimum atomic E-state index is 0.741. The Balaban J connectivity index is 2.02. The maximum absolute atomic E-state index is 5.70. The summed E-state index contributed by atoms with van der Waals surface area (Å²) in [5.74, 6) is 1.78. The summed E-state index contributed by atoms with van der Waals surface area (Å²) in [4.78, 5) is 4.18. The Bertz CT molecular complexity index is 418. The van der Waals surface area contributed by atoms with E-state index in [9.17, 15) is 0 Å². The van der Waals surface area contributed by atoms with Crippen molar-refractivity contribution in [1.29, 1.82) is 0 Å². The third-order valence-electron chi connectivity index (χ3n) is 3.19. The molecule has 0 heterocycles. The van der Waals surface area contributed by atoms with Crippen molar-refractivity contribution >= 4 is 5.96 Å². The smallest absolute Gasteiger partial charge is 0.190 e.